The first-order valence-corrected chi connectivity index (χ1v) is 11.8. The van der Waals surface area contributed by atoms with E-state index in [1.165, 1.54) is 0 Å². The Labute approximate surface area is 201 Å². The summed E-state index contributed by atoms with van der Waals surface area (Å²) in [6.45, 7) is 11.6. The summed E-state index contributed by atoms with van der Waals surface area (Å²) >= 11 is 5.97. The standard InChI is InChI=1S/C27H31ClN4O/c1-19(2)30-14-16-31(17-15-30)27(33)26-20(3)29-32(21(26)4)25-7-5-6-23(18-25)9-8-22-10-12-24(28)13-11-22/h5-13,18-19H,14-17H2,1-4H3/b9-8+. The molecule has 0 aliphatic carbocycles. The molecule has 1 aromatic heterocycles. The number of hydrogen-bond donors (Lipinski definition) is 0. The van der Waals surface area contributed by atoms with Crippen molar-refractivity contribution < 1.29 is 4.79 Å². The van der Waals surface area contributed by atoms with Crippen molar-refractivity contribution in [2.45, 2.75) is 33.7 Å². The number of aryl methyl sites for hydroxylation is 1. The Morgan fingerprint density at radius 2 is 1.64 bits per heavy atom. The minimum absolute atomic E-state index is 0.0819. The molecular weight excluding hydrogens is 432 g/mol. The van der Waals surface area contributed by atoms with Gasteiger partial charge in [-0.05, 0) is 63.1 Å². The number of aromatic nitrogens is 2. The van der Waals surface area contributed by atoms with Gasteiger partial charge in [0.2, 0.25) is 0 Å². The number of rotatable bonds is 5. The number of nitrogens with zero attached hydrogens (tertiary/aromatic N) is 4. The molecule has 1 saturated heterocycles. The van der Waals surface area contributed by atoms with Gasteiger partial charge in [-0.15, -0.1) is 0 Å². The molecule has 2 heterocycles. The molecule has 1 fully saturated rings. The van der Waals surface area contributed by atoms with E-state index in [-0.39, 0.29) is 5.91 Å². The normalized spacial score (nSPS) is 15.0. The van der Waals surface area contributed by atoms with Gasteiger partial charge in [0.25, 0.3) is 5.91 Å². The number of amides is 1. The van der Waals surface area contributed by atoms with Gasteiger partial charge in [0.05, 0.1) is 22.6 Å². The molecule has 5 nitrogen and oxygen atoms in total. The lowest BCUT2D eigenvalue weighted by Gasteiger charge is -2.37. The van der Waals surface area contributed by atoms with Gasteiger partial charge in [-0.3, -0.25) is 9.69 Å². The van der Waals surface area contributed by atoms with Crippen LogP contribution in [0, 0.1) is 13.8 Å². The highest BCUT2D eigenvalue weighted by atomic mass is 35.5. The SMILES string of the molecule is Cc1nn(-c2cccc(/C=C/c3ccc(Cl)cc3)c2)c(C)c1C(=O)N1CCN(C(C)C)CC1. The van der Waals surface area contributed by atoms with Crippen LogP contribution in [-0.4, -0.2) is 57.7 Å². The molecule has 0 saturated carbocycles. The van der Waals surface area contributed by atoms with Crippen molar-refractivity contribution in [2.24, 2.45) is 0 Å². The van der Waals surface area contributed by atoms with Gasteiger partial charge in [-0.2, -0.15) is 5.10 Å². The summed E-state index contributed by atoms with van der Waals surface area (Å²) < 4.78 is 1.88. The van der Waals surface area contributed by atoms with Gasteiger partial charge in [-0.25, -0.2) is 4.68 Å². The number of benzene rings is 2. The van der Waals surface area contributed by atoms with E-state index in [9.17, 15) is 4.79 Å². The van der Waals surface area contributed by atoms with Gasteiger partial charge in [0.15, 0.2) is 0 Å². The molecule has 0 unspecified atom stereocenters. The minimum Gasteiger partial charge on any atom is -0.336 e. The van der Waals surface area contributed by atoms with Crippen LogP contribution in [-0.2, 0) is 0 Å². The summed E-state index contributed by atoms with van der Waals surface area (Å²) in [5, 5.41) is 5.46. The molecule has 172 valence electrons. The molecule has 3 aromatic rings. The Morgan fingerprint density at radius 1 is 0.970 bits per heavy atom. The van der Waals surface area contributed by atoms with Gasteiger partial charge in [0.1, 0.15) is 0 Å². The van der Waals surface area contributed by atoms with Crippen molar-refractivity contribution in [3.05, 3.63) is 81.6 Å². The van der Waals surface area contributed by atoms with Gasteiger partial charge in [0, 0.05) is 37.2 Å². The monoisotopic (exact) mass is 462 g/mol. The molecule has 0 spiro atoms. The zero-order valence-electron chi connectivity index (χ0n) is 19.8. The predicted octanol–water partition coefficient (Wildman–Crippen LogP) is 5.48. The van der Waals surface area contributed by atoms with E-state index in [2.05, 4.69) is 43.0 Å². The molecule has 0 bridgehead atoms. The maximum atomic E-state index is 13.3. The van der Waals surface area contributed by atoms with Crippen molar-refractivity contribution in [3.63, 3.8) is 0 Å². The Morgan fingerprint density at radius 3 is 2.30 bits per heavy atom. The lowest BCUT2D eigenvalue weighted by Crippen LogP contribution is -2.50. The average Bonchev–Trinajstić information content (AvgIpc) is 3.12. The third-order valence-electron chi connectivity index (χ3n) is 6.29. The number of hydrogen-bond acceptors (Lipinski definition) is 3. The summed E-state index contributed by atoms with van der Waals surface area (Å²) in [6, 6.07) is 16.4. The highest BCUT2D eigenvalue weighted by molar-refractivity contribution is 6.30. The van der Waals surface area contributed by atoms with Gasteiger partial charge < -0.3 is 4.90 Å². The first-order chi connectivity index (χ1) is 15.8. The Balaban J connectivity index is 1.55. The largest absolute Gasteiger partial charge is 0.336 e. The fraction of sp³-hybridized carbons (Fsp3) is 0.333. The molecule has 2 aromatic carbocycles. The summed E-state index contributed by atoms with van der Waals surface area (Å²) in [7, 11) is 0. The third kappa shape index (κ3) is 5.21. The van der Waals surface area contributed by atoms with Crippen LogP contribution in [0.15, 0.2) is 48.5 Å². The smallest absolute Gasteiger partial charge is 0.257 e. The third-order valence-corrected chi connectivity index (χ3v) is 6.54. The first-order valence-electron chi connectivity index (χ1n) is 11.5. The first kappa shape index (κ1) is 23.3. The van der Waals surface area contributed by atoms with Gasteiger partial charge in [-0.1, -0.05) is 48.0 Å². The van der Waals surface area contributed by atoms with E-state index >= 15 is 0 Å². The molecule has 0 radical (unpaired) electrons. The zero-order chi connectivity index (χ0) is 23.5. The van der Waals surface area contributed by atoms with Crippen LogP contribution in [0.5, 0.6) is 0 Å². The predicted molar refractivity (Wildman–Crippen MR) is 136 cm³/mol. The van der Waals surface area contributed by atoms with Crippen LogP contribution < -0.4 is 0 Å². The second-order valence-electron chi connectivity index (χ2n) is 8.86. The van der Waals surface area contributed by atoms with Crippen molar-refractivity contribution in [3.8, 4) is 5.69 Å². The molecule has 1 aliphatic heterocycles. The Hall–Kier alpha value is -2.89. The molecule has 1 aliphatic rings. The number of carbonyl (C=O) groups excluding carboxylic acids is 1. The fourth-order valence-corrected chi connectivity index (χ4v) is 4.46. The average molecular weight is 463 g/mol. The number of carbonyl (C=O) groups is 1. The van der Waals surface area contributed by atoms with Crippen molar-refractivity contribution >= 4 is 29.7 Å². The van der Waals surface area contributed by atoms with Crippen LogP contribution in [0.1, 0.15) is 46.7 Å². The molecular formula is C27H31ClN4O. The van der Waals surface area contributed by atoms with Crippen LogP contribution in [0.2, 0.25) is 5.02 Å². The Bertz CT molecular complexity index is 1160. The summed E-state index contributed by atoms with van der Waals surface area (Å²) in [6.07, 6.45) is 4.13. The van der Waals surface area contributed by atoms with Gasteiger partial charge >= 0.3 is 0 Å². The van der Waals surface area contributed by atoms with Crippen molar-refractivity contribution in [1.82, 2.24) is 19.6 Å². The van der Waals surface area contributed by atoms with Crippen LogP contribution >= 0.6 is 11.6 Å². The molecule has 6 heteroatoms. The zero-order valence-corrected chi connectivity index (χ0v) is 20.5. The van der Waals surface area contributed by atoms with Crippen LogP contribution in [0.25, 0.3) is 17.8 Å². The van der Waals surface area contributed by atoms with E-state index in [1.54, 1.807) is 0 Å². The fourth-order valence-electron chi connectivity index (χ4n) is 4.33. The lowest BCUT2D eigenvalue weighted by atomic mass is 10.1. The summed E-state index contributed by atoms with van der Waals surface area (Å²) in [4.78, 5) is 17.7. The maximum Gasteiger partial charge on any atom is 0.257 e. The molecule has 0 N–H and O–H groups in total. The van der Waals surface area contributed by atoms with E-state index in [4.69, 9.17) is 16.7 Å². The maximum absolute atomic E-state index is 13.3. The highest BCUT2D eigenvalue weighted by Gasteiger charge is 2.27. The van der Waals surface area contributed by atoms with Crippen LogP contribution in [0.4, 0.5) is 0 Å². The van der Waals surface area contributed by atoms with E-state index < -0.39 is 0 Å². The molecule has 1 amide bonds. The quantitative estimate of drug-likeness (QED) is 0.471. The highest BCUT2D eigenvalue weighted by Crippen LogP contribution is 2.22. The second-order valence-corrected chi connectivity index (χ2v) is 9.30. The number of halogens is 1. The summed E-state index contributed by atoms with van der Waals surface area (Å²) in [5.41, 5.74) is 5.45. The van der Waals surface area contributed by atoms with E-state index in [0.717, 1.165) is 65.0 Å². The molecule has 33 heavy (non-hydrogen) atoms. The lowest BCUT2D eigenvalue weighted by molar-refractivity contribution is 0.0594. The topological polar surface area (TPSA) is 41.4 Å². The number of piperazine rings is 1. The van der Waals surface area contributed by atoms with Crippen molar-refractivity contribution in [1.29, 1.82) is 0 Å². The Kier molecular flexibility index (Phi) is 7.01. The van der Waals surface area contributed by atoms with E-state index in [0.29, 0.717) is 6.04 Å². The summed E-state index contributed by atoms with van der Waals surface area (Å²) in [5.74, 6) is 0.0819. The van der Waals surface area contributed by atoms with Crippen LogP contribution in [0.3, 0.4) is 0 Å². The van der Waals surface area contributed by atoms with E-state index in [1.807, 2.05) is 59.8 Å². The second kappa shape index (κ2) is 9.94. The molecule has 4 rings (SSSR count). The minimum atomic E-state index is 0.0819. The van der Waals surface area contributed by atoms with Crippen molar-refractivity contribution in [2.75, 3.05) is 26.2 Å². The molecule has 0 atom stereocenters.